The van der Waals surface area contributed by atoms with Gasteiger partial charge in [-0.2, -0.15) is 0 Å². The number of rotatable bonds is 1. The topological polar surface area (TPSA) is 42.5 Å². The van der Waals surface area contributed by atoms with Crippen LogP contribution in [0, 0.1) is 0 Å². The van der Waals surface area contributed by atoms with Crippen LogP contribution in [0.4, 0.5) is 0 Å². The summed E-state index contributed by atoms with van der Waals surface area (Å²) in [5.74, 6) is 0. The molecule has 0 aromatic heterocycles. The number of ether oxygens (including phenoxy) is 2. The molecule has 2 aliphatic heterocycles. The SMILES string of the molecule is C1CO[C@H]([C@@H]2CNCCO2)CN1. The zero-order valence-corrected chi connectivity index (χ0v) is 7.21. The van der Waals surface area contributed by atoms with Crippen LogP contribution in [-0.4, -0.2) is 51.6 Å². The van der Waals surface area contributed by atoms with Crippen molar-refractivity contribution in [3.63, 3.8) is 0 Å². The summed E-state index contributed by atoms with van der Waals surface area (Å²) >= 11 is 0. The second-order valence-corrected chi connectivity index (χ2v) is 3.23. The molecule has 0 aliphatic carbocycles. The maximum absolute atomic E-state index is 5.59. The molecule has 2 atom stereocenters. The van der Waals surface area contributed by atoms with Crippen LogP contribution in [0.2, 0.25) is 0 Å². The largest absolute Gasteiger partial charge is 0.373 e. The third-order valence-corrected chi connectivity index (χ3v) is 2.33. The standard InChI is InChI=1S/C8H16N2O2/c1-3-11-7(5-9-1)8-6-10-2-4-12-8/h7-10H,1-6H2/t7-,8-/m0/s1. The molecule has 12 heavy (non-hydrogen) atoms. The molecule has 0 unspecified atom stereocenters. The first-order valence-corrected chi connectivity index (χ1v) is 4.61. The minimum atomic E-state index is 0.242. The molecule has 2 fully saturated rings. The smallest absolute Gasteiger partial charge is 0.0973 e. The first-order valence-electron chi connectivity index (χ1n) is 4.61. The molecule has 2 rings (SSSR count). The van der Waals surface area contributed by atoms with Gasteiger partial charge in [0.1, 0.15) is 0 Å². The molecule has 0 spiro atoms. The Labute approximate surface area is 72.6 Å². The highest BCUT2D eigenvalue weighted by atomic mass is 16.5. The van der Waals surface area contributed by atoms with Crippen molar-refractivity contribution >= 4 is 0 Å². The molecule has 2 aliphatic rings. The number of morpholine rings is 2. The van der Waals surface area contributed by atoms with Gasteiger partial charge in [0.05, 0.1) is 25.4 Å². The Morgan fingerprint density at radius 2 is 1.33 bits per heavy atom. The maximum Gasteiger partial charge on any atom is 0.0973 e. The maximum atomic E-state index is 5.59. The Hall–Kier alpha value is -0.160. The molecule has 0 aromatic rings. The molecule has 0 saturated carbocycles. The van der Waals surface area contributed by atoms with Crippen LogP contribution >= 0.6 is 0 Å². The van der Waals surface area contributed by atoms with Crippen LogP contribution in [0.1, 0.15) is 0 Å². The van der Waals surface area contributed by atoms with Crippen LogP contribution in [0.25, 0.3) is 0 Å². The summed E-state index contributed by atoms with van der Waals surface area (Å²) in [5, 5.41) is 6.60. The van der Waals surface area contributed by atoms with Gasteiger partial charge in [0.15, 0.2) is 0 Å². The van der Waals surface area contributed by atoms with Crippen molar-refractivity contribution in [1.29, 1.82) is 0 Å². The summed E-state index contributed by atoms with van der Waals surface area (Å²) in [6.07, 6.45) is 0.484. The van der Waals surface area contributed by atoms with Crippen LogP contribution in [0.5, 0.6) is 0 Å². The van der Waals surface area contributed by atoms with Gasteiger partial charge < -0.3 is 20.1 Å². The van der Waals surface area contributed by atoms with E-state index in [1.54, 1.807) is 0 Å². The van der Waals surface area contributed by atoms with Crippen molar-refractivity contribution in [2.75, 3.05) is 39.4 Å². The van der Waals surface area contributed by atoms with Crippen LogP contribution in [0.3, 0.4) is 0 Å². The molecule has 70 valence electrons. The van der Waals surface area contributed by atoms with E-state index in [1.807, 2.05) is 0 Å². The van der Waals surface area contributed by atoms with Crippen LogP contribution in [0.15, 0.2) is 0 Å². The minimum Gasteiger partial charge on any atom is -0.373 e. The fourth-order valence-corrected chi connectivity index (χ4v) is 1.65. The predicted molar refractivity (Wildman–Crippen MR) is 45.2 cm³/mol. The van der Waals surface area contributed by atoms with Gasteiger partial charge in [-0.3, -0.25) is 0 Å². The van der Waals surface area contributed by atoms with Crippen molar-refractivity contribution < 1.29 is 9.47 Å². The number of hydrogen-bond donors (Lipinski definition) is 2. The molecule has 2 saturated heterocycles. The molecule has 0 amide bonds. The van der Waals surface area contributed by atoms with Gasteiger partial charge in [-0.25, -0.2) is 0 Å². The molecule has 0 radical (unpaired) electrons. The van der Waals surface area contributed by atoms with E-state index in [2.05, 4.69) is 10.6 Å². The Kier molecular flexibility index (Phi) is 2.94. The van der Waals surface area contributed by atoms with E-state index in [9.17, 15) is 0 Å². The summed E-state index contributed by atoms with van der Waals surface area (Å²) in [7, 11) is 0. The van der Waals surface area contributed by atoms with E-state index in [1.165, 1.54) is 0 Å². The Bertz CT molecular complexity index is 115. The quantitative estimate of drug-likeness (QED) is 0.530. The highest BCUT2D eigenvalue weighted by Gasteiger charge is 2.26. The van der Waals surface area contributed by atoms with E-state index in [0.29, 0.717) is 0 Å². The van der Waals surface area contributed by atoms with Gasteiger partial charge in [0.25, 0.3) is 0 Å². The van der Waals surface area contributed by atoms with Gasteiger partial charge in [-0.1, -0.05) is 0 Å². The summed E-state index contributed by atoms with van der Waals surface area (Å²) in [6.45, 7) is 5.40. The van der Waals surface area contributed by atoms with Crippen LogP contribution < -0.4 is 10.6 Å². The predicted octanol–water partition coefficient (Wildman–Crippen LogP) is -1.04. The molecule has 0 bridgehead atoms. The lowest BCUT2D eigenvalue weighted by molar-refractivity contribution is -0.0933. The van der Waals surface area contributed by atoms with Gasteiger partial charge in [-0.05, 0) is 0 Å². The normalized spacial score (nSPS) is 38.0. The van der Waals surface area contributed by atoms with Crippen LogP contribution in [-0.2, 0) is 9.47 Å². The van der Waals surface area contributed by atoms with Gasteiger partial charge in [0.2, 0.25) is 0 Å². The summed E-state index contributed by atoms with van der Waals surface area (Å²) in [6, 6.07) is 0. The van der Waals surface area contributed by atoms with Gasteiger partial charge in [0, 0.05) is 26.2 Å². The fraction of sp³-hybridized carbons (Fsp3) is 1.00. The van der Waals surface area contributed by atoms with E-state index >= 15 is 0 Å². The molecule has 2 heterocycles. The number of nitrogens with one attached hydrogen (secondary N) is 2. The lowest BCUT2D eigenvalue weighted by atomic mass is 10.1. The zero-order chi connectivity index (χ0) is 8.23. The lowest BCUT2D eigenvalue weighted by Gasteiger charge is -2.33. The molecule has 2 N–H and O–H groups in total. The van der Waals surface area contributed by atoms with E-state index < -0.39 is 0 Å². The third kappa shape index (κ3) is 1.95. The Balaban J connectivity index is 1.80. The third-order valence-electron chi connectivity index (χ3n) is 2.33. The zero-order valence-electron chi connectivity index (χ0n) is 7.21. The summed E-state index contributed by atoms with van der Waals surface area (Å²) in [4.78, 5) is 0. The molecule has 4 nitrogen and oxygen atoms in total. The Morgan fingerprint density at radius 1 is 0.833 bits per heavy atom. The molecule has 4 heteroatoms. The first-order chi connectivity index (χ1) is 5.97. The average molecular weight is 172 g/mol. The lowest BCUT2D eigenvalue weighted by Crippen LogP contribution is -2.52. The van der Waals surface area contributed by atoms with E-state index in [4.69, 9.17) is 9.47 Å². The van der Waals surface area contributed by atoms with Gasteiger partial charge in [-0.15, -0.1) is 0 Å². The monoisotopic (exact) mass is 172 g/mol. The second-order valence-electron chi connectivity index (χ2n) is 3.23. The molecular weight excluding hydrogens is 156 g/mol. The minimum absolute atomic E-state index is 0.242. The van der Waals surface area contributed by atoms with Crippen molar-refractivity contribution in [2.24, 2.45) is 0 Å². The summed E-state index contributed by atoms with van der Waals surface area (Å²) < 4.78 is 11.2. The average Bonchev–Trinajstić information content (AvgIpc) is 2.21. The molecular formula is C8H16N2O2. The Morgan fingerprint density at radius 3 is 1.67 bits per heavy atom. The first kappa shape index (κ1) is 8.44. The molecule has 0 aromatic carbocycles. The fourth-order valence-electron chi connectivity index (χ4n) is 1.65. The van der Waals surface area contributed by atoms with E-state index in [-0.39, 0.29) is 12.2 Å². The van der Waals surface area contributed by atoms with Crippen molar-refractivity contribution in [3.05, 3.63) is 0 Å². The highest BCUT2D eigenvalue weighted by molar-refractivity contribution is 4.80. The second kappa shape index (κ2) is 4.18. The van der Waals surface area contributed by atoms with E-state index in [0.717, 1.165) is 39.4 Å². The summed E-state index contributed by atoms with van der Waals surface area (Å²) in [5.41, 5.74) is 0. The number of hydrogen-bond acceptors (Lipinski definition) is 4. The van der Waals surface area contributed by atoms with Crippen molar-refractivity contribution in [1.82, 2.24) is 10.6 Å². The van der Waals surface area contributed by atoms with Crippen molar-refractivity contribution in [2.45, 2.75) is 12.2 Å². The highest BCUT2D eigenvalue weighted by Crippen LogP contribution is 2.07. The van der Waals surface area contributed by atoms with Gasteiger partial charge >= 0.3 is 0 Å². The van der Waals surface area contributed by atoms with Crippen molar-refractivity contribution in [3.8, 4) is 0 Å².